The number of carbonyl (C=O) groups excluding carboxylic acids is 2. The van der Waals surface area contributed by atoms with E-state index in [1.165, 1.54) is 4.90 Å². The molecular formula is C30H36ClN3O5S. The summed E-state index contributed by atoms with van der Waals surface area (Å²) in [5, 5.41) is 3.41. The van der Waals surface area contributed by atoms with Crippen molar-refractivity contribution >= 4 is 39.1 Å². The van der Waals surface area contributed by atoms with Crippen LogP contribution in [0, 0.1) is 0 Å². The SMILES string of the molecule is CCCNC(=O)C(Cc1ccccc1)N(Cc1cccc(Cl)c1)C(=O)CN(c1ccc(OCC)cc1)S(C)(=O)=O. The Morgan fingerprint density at radius 3 is 2.23 bits per heavy atom. The van der Waals surface area contributed by atoms with E-state index in [0.29, 0.717) is 35.2 Å². The van der Waals surface area contributed by atoms with E-state index in [4.69, 9.17) is 16.3 Å². The van der Waals surface area contributed by atoms with Gasteiger partial charge in [-0.25, -0.2) is 8.42 Å². The fourth-order valence-electron chi connectivity index (χ4n) is 4.24. The van der Waals surface area contributed by atoms with Gasteiger partial charge < -0.3 is 15.0 Å². The van der Waals surface area contributed by atoms with Gasteiger partial charge in [0.2, 0.25) is 21.8 Å². The van der Waals surface area contributed by atoms with Gasteiger partial charge in [-0.3, -0.25) is 13.9 Å². The highest BCUT2D eigenvalue weighted by atomic mass is 35.5. The number of anilines is 1. The third-order valence-electron chi connectivity index (χ3n) is 6.18. The van der Waals surface area contributed by atoms with Gasteiger partial charge in [-0.2, -0.15) is 0 Å². The summed E-state index contributed by atoms with van der Waals surface area (Å²) < 4.78 is 32.2. The van der Waals surface area contributed by atoms with Crippen molar-refractivity contribution in [3.8, 4) is 5.75 Å². The average Bonchev–Trinajstić information content (AvgIpc) is 2.93. The van der Waals surface area contributed by atoms with Crippen LogP contribution in [0.2, 0.25) is 5.02 Å². The van der Waals surface area contributed by atoms with E-state index in [0.717, 1.165) is 22.5 Å². The Labute approximate surface area is 241 Å². The highest BCUT2D eigenvalue weighted by molar-refractivity contribution is 7.92. The molecule has 10 heteroatoms. The smallest absolute Gasteiger partial charge is 0.244 e. The maximum atomic E-state index is 14.0. The minimum absolute atomic E-state index is 0.0668. The van der Waals surface area contributed by atoms with Crippen LogP contribution >= 0.6 is 11.6 Å². The molecule has 0 aliphatic carbocycles. The summed E-state index contributed by atoms with van der Waals surface area (Å²) in [6.07, 6.45) is 2.03. The molecule has 3 rings (SSSR count). The van der Waals surface area contributed by atoms with E-state index in [1.54, 1.807) is 42.5 Å². The molecule has 2 amide bonds. The van der Waals surface area contributed by atoms with E-state index in [1.807, 2.05) is 50.2 Å². The minimum Gasteiger partial charge on any atom is -0.494 e. The van der Waals surface area contributed by atoms with Crippen LogP contribution in [0.25, 0.3) is 0 Å². The van der Waals surface area contributed by atoms with Crippen molar-refractivity contribution in [2.24, 2.45) is 0 Å². The fourth-order valence-corrected chi connectivity index (χ4v) is 5.30. The zero-order valence-electron chi connectivity index (χ0n) is 23.0. The zero-order chi connectivity index (χ0) is 29.1. The summed E-state index contributed by atoms with van der Waals surface area (Å²) in [4.78, 5) is 28.9. The summed E-state index contributed by atoms with van der Waals surface area (Å²) in [7, 11) is -3.85. The van der Waals surface area contributed by atoms with Gasteiger partial charge in [-0.1, -0.05) is 61.0 Å². The Kier molecular flexibility index (Phi) is 11.4. The third kappa shape index (κ3) is 8.99. The van der Waals surface area contributed by atoms with Gasteiger partial charge in [0.1, 0.15) is 18.3 Å². The number of amides is 2. The van der Waals surface area contributed by atoms with Gasteiger partial charge in [-0.15, -0.1) is 0 Å². The predicted octanol–water partition coefficient (Wildman–Crippen LogP) is 4.67. The monoisotopic (exact) mass is 585 g/mol. The van der Waals surface area contributed by atoms with Crippen LogP contribution in [0.4, 0.5) is 5.69 Å². The van der Waals surface area contributed by atoms with Crippen molar-refractivity contribution in [1.82, 2.24) is 10.2 Å². The molecule has 0 aliphatic rings. The van der Waals surface area contributed by atoms with E-state index in [9.17, 15) is 18.0 Å². The normalized spacial score (nSPS) is 11.9. The number of hydrogen-bond acceptors (Lipinski definition) is 5. The molecule has 40 heavy (non-hydrogen) atoms. The second-order valence-electron chi connectivity index (χ2n) is 9.34. The Morgan fingerprint density at radius 1 is 0.950 bits per heavy atom. The van der Waals surface area contributed by atoms with Crippen LogP contribution in [-0.4, -0.2) is 57.1 Å². The van der Waals surface area contributed by atoms with Gasteiger partial charge in [0.05, 0.1) is 18.6 Å². The fraction of sp³-hybridized carbons (Fsp3) is 0.333. The van der Waals surface area contributed by atoms with Crippen molar-refractivity contribution in [2.75, 3.05) is 30.3 Å². The third-order valence-corrected chi connectivity index (χ3v) is 7.55. The van der Waals surface area contributed by atoms with Crippen molar-refractivity contribution in [1.29, 1.82) is 0 Å². The molecule has 0 aromatic heterocycles. The summed E-state index contributed by atoms with van der Waals surface area (Å²) in [5.41, 5.74) is 1.90. The lowest BCUT2D eigenvalue weighted by molar-refractivity contribution is -0.140. The van der Waals surface area contributed by atoms with Crippen LogP contribution in [0.5, 0.6) is 5.75 Å². The molecule has 0 bridgehead atoms. The summed E-state index contributed by atoms with van der Waals surface area (Å²) in [6.45, 7) is 4.30. The maximum Gasteiger partial charge on any atom is 0.244 e. The standard InChI is InChI=1S/C30H36ClN3O5S/c1-4-18-32-30(36)28(20-23-10-7-6-8-11-23)33(21-24-12-9-13-25(31)19-24)29(35)22-34(40(3,37)38)26-14-16-27(17-15-26)39-5-2/h6-17,19,28H,4-5,18,20-22H2,1-3H3,(H,32,36). The molecule has 3 aromatic carbocycles. The van der Waals surface area contributed by atoms with Gasteiger partial charge in [-0.05, 0) is 60.9 Å². The first-order chi connectivity index (χ1) is 19.1. The number of sulfonamides is 1. The topological polar surface area (TPSA) is 96.0 Å². The van der Waals surface area contributed by atoms with Gasteiger partial charge >= 0.3 is 0 Å². The number of ether oxygens (including phenoxy) is 1. The molecule has 0 fully saturated rings. The number of nitrogens with zero attached hydrogens (tertiary/aromatic N) is 2. The first-order valence-electron chi connectivity index (χ1n) is 13.2. The number of benzene rings is 3. The molecule has 1 atom stereocenters. The van der Waals surface area contributed by atoms with Gasteiger partial charge in [0.25, 0.3) is 0 Å². The second-order valence-corrected chi connectivity index (χ2v) is 11.7. The largest absolute Gasteiger partial charge is 0.494 e. The molecule has 0 radical (unpaired) electrons. The highest BCUT2D eigenvalue weighted by Gasteiger charge is 2.33. The van der Waals surface area contributed by atoms with Crippen molar-refractivity contribution < 1.29 is 22.7 Å². The predicted molar refractivity (Wildman–Crippen MR) is 159 cm³/mol. The first-order valence-corrected chi connectivity index (χ1v) is 15.4. The molecule has 0 saturated carbocycles. The number of carbonyl (C=O) groups is 2. The summed E-state index contributed by atoms with van der Waals surface area (Å²) in [5.74, 6) is -0.246. The lowest BCUT2D eigenvalue weighted by Gasteiger charge is -2.33. The van der Waals surface area contributed by atoms with Gasteiger partial charge in [0.15, 0.2) is 0 Å². The van der Waals surface area contributed by atoms with Crippen molar-refractivity contribution in [2.45, 2.75) is 39.3 Å². The average molecular weight is 586 g/mol. The molecule has 3 aromatic rings. The lowest BCUT2D eigenvalue weighted by Crippen LogP contribution is -2.53. The molecule has 1 unspecified atom stereocenters. The molecule has 0 saturated heterocycles. The number of nitrogens with one attached hydrogen (secondary N) is 1. The molecule has 214 valence electrons. The number of hydrogen-bond donors (Lipinski definition) is 1. The van der Waals surface area contributed by atoms with Crippen LogP contribution in [0.1, 0.15) is 31.4 Å². The molecule has 8 nitrogen and oxygen atoms in total. The molecule has 1 N–H and O–H groups in total. The second kappa shape index (κ2) is 14.7. The van der Waals surface area contributed by atoms with E-state index < -0.39 is 28.5 Å². The van der Waals surface area contributed by atoms with Crippen LogP contribution in [0.15, 0.2) is 78.9 Å². The van der Waals surface area contributed by atoms with E-state index in [2.05, 4.69) is 5.32 Å². The molecule has 0 aliphatic heterocycles. The first kappa shape index (κ1) is 31.0. The van der Waals surface area contributed by atoms with Crippen LogP contribution in [0.3, 0.4) is 0 Å². The Bertz CT molecular complexity index is 1370. The Hall–Kier alpha value is -3.56. The van der Waals surface area contributed by atoms with Gasteiger partial charge in [0, 0.05) is 24.5 Å². The highest BCUT2D eigenvalue weighted by Crippen LogP contribution is 2.23. The minimum atomic E-state index is -3.85. The molecular weight excluding hydrogens is 550 g/mol. The quantitative estimate of drug-likeness (QED) is 0.297. The van der Waals surface area contributed by atoms with Crippen LogP contribution in [-0.2, 0) is 32.6 Å². The van der Waals surface area contributed by atoms with E-state index >= 15 is 0 Å². The number of halogens is 1. The maximum absolute atomic E-state index is 14.0. The summed E-state index contributed by atoms with van der Waals surface area (Å²) >= 11 is 6.23. The van der Waals surface area contributed by atoms with Crippen molar-refractivity contribution in [3.05, 3.63) is 95.0 Å². The number of rotatable bonds is 14. The Balaban J connectivity index is 2.02. The summed E-state index contributed by atoms with van der Waals surface area (Å²) in [6, 6.07) is 22.1. The lowest BCUT2D eigenvalue weighted by atomic mass is 10.0. The molecule has 0 spiro atoms. The van der Waals surface area contributed by atoms with E-state index in [-0.39, 0.29) is 18.9 Å². The zero-order valence-corrected chi connectivity index (χ0v) is 24.6. The van der Waals surface area contributed by atoms with Crippen LogP contribution < -0.4 is 14.4 Å². The van der Waals surface area contributed by atoms with Crippen molar-refractivity contribution in [3.63, 3.8) is 0 Å². The Morgan fingerprint density at radius 2 is 1.62 bits per heavy atom. The molecule has 0 heterocycles.